The molecule has 0 aliphatic carbocycles. The smallest absolute Gasteiger partial charge is 0.338 e. The quantitative estimate of drug-likeness (QED) is 0.397. The van der Waals surface area contributed by atoms with Gasteiger partial charge in [-0.1, -0.05) is 28.6 Å². The van der Waals surface area contributed by atoms with Gasteiger partial charge in [0.05, 0.1) is 0 Å². The first-order valence-electron chi connectivity index (χ1n) is 3.33. The van der Waals surface area contributed by atoms with Crippen molar-refractivity contribution in [3.05, 3.63) is 12.7 Å². The second kappa shape index (κ2) is 6.16. The summed E-state index contributed by atoms with van der Waals surface area (Å²) in [7, 11) is 0. The summed E-state index contributed by atoms with van der Waals surface area (Å²) in [6.45, 7) is 3.36. The molecule has 0 radical (unpaired) electrons. The van der Waals surface area contributed by atoms with Gasteiger partial charge in [-0.05, 0) is 0 Å². The van der Waals surface area contributed by atoms with Gasteiger partial charge >= 0.3 is 5.97 Å². The lowest BCUT2D eigenvalue weighted by Gasteiger charge is -2.13. The molecule has 0 rings (SSSR count). The van der Waals surface area contributed by atoms with Crippen molar-refractivity contribution < 1.29 is 19.7 Å². The molecule has 0 spiro atoms. The normalized spacial score (nSPS) is 14.9. The zero-order valence-corrected chi connectivity index (χ0v) is 8.03. The Balaban J connectivity index is 3.83. The summed E-state index contributed by atoms with van der Waals surface area (Å²) in [5, 5.41) is 18.1. The standard InChI is InChI=1S/C7H11BrO4/c1-2-3-12-7(11)6(10)5(9)4-8/h2,5-6,9-10H,1,3-4H2. The van der Waals surface area contributed by atoms with Crippen molar-refractivity contribution in [2.45, 2.75) is 12.2 Å². The summed E-state index contributed by atoms with van der Waals surface area (Å²) in [6, 6.07) is 0. The Morgan fingerprint density at radius 3 is 2.67 bits per heavy atom. The number of esters is 1. The van der Waals surface area contributed by atoms with Gasteiger partial charge in [0.15, 0.2) is 6.10 Å². The molecule has 0 aromatic rings. The fraction of sp³-hybridized carbons (Fsp3) is 0.571. The topological polar surface area (TPSA) is 66.8 Å². The molecule has 2 unspecified atom stereocenters. The molecule has 4 nitrogen and oxygen atoms in total. The van der Waals surface area contributed by atoms with Crippen LogP contribution < -0.4 is 0 Å². The van der Waals surface area contributed by atoms with E-state index in [1.54, 1.807) is 0 Å². The van der Waals surface area contributed by atoms with Gasteiger partial charge in [0.2, 0.25) is 0 Å². The molecule has 0 heterocycles. The van der Waals surface area contributed by atoms with Gasteiger partial charge in [-0.3, -0.25) is 0 Å². The van der Waals surface area contributed by atoms with E-state index in [1.807, 2.05) is 0 Å². The van der Waals surface area contributed by atoms with Crippen molar-refractivity contribution in [1.82, 2.24) is 0 Å². The van der Waals surface area contributed by atoms with E-state index in [2.05, 4.69) is 27.2 Å². The highest BCUT2D eigenvalue weighted by Crippen LogP contribution is 2.00. The number of carbonyl (C=O) groups excluding carboxylic acids is 1. The molecule has 2 N–H and O–H groups in total. The van der Waals surface area contributed by atoms with Crippen LogP contribution in [-0.4, -0.2) is 40.3 Å². The van der Waals surface area contributed by atoms with Crippen LogP contribution >= 0.6 is 15.9 Å². The zero-order valence-electron chi connectivity index (χ0n) is 6.44. The Morgan fingerprint density at radius 2 is 2.25 bits per heavy atom. The minimum atomic E-state index is -1.50. The van der Waals surface area contributed by atoms with Crippen molar-refractivity contribution in [1.29, 1.82) is 0 Å². The molecule has 0 saturated carbocycles. The van der Waals surface area contributed by atoms with Gasteiger partial charge in [0, 0.05) is 5.33 Å². The lowest BCUT2D eigenvalue weighted by atomic mass is 10.2. The van der Waals surface area contributed by atoms with Gasteiger partial charge in [-0.2, -0.15) is 0 Å². The molecule has 0 bridgehead atoms. The van der Waals surface area contributed by atoms with Crippen LogP contribution in [0, 0.1) is 0 Å². The number of rotatable bonds is 5. The van der Waals surface area contributed by atoms with Crippen molar-refractivity contribution in [3.63, 3.8) is 0 Å². The van der Waals surface area contributed by atoms with E-state index in [4.69, 9.17) is 10.2 Å². The van der Waals surface area contributed by atoms with E-state index in [9.17, 15) is 4.79 Å². The molecule has 0 aliphatic heterocycles. The monoisotopic (exact) mass is 238 g/mol. The predicted octanol–water partition coefficient (Wildman–Crippen LogP) is -0.168. The molecule has 70 valence electrons. The molecule has 0 saturated heterocycles. The van der Waals surface area contributed by atoms with Crippen LogP contribution in [0.15, 0.2) is 12.7 Å². The van der Waals surface area contributed by atoms with Gasteiger partial charge in [0.25, 0.3) is 0 Å². The lowest BCUT2D eigenvalue weighted by Crippen LogP contribution is -2.36. The fourth-order valence-electron chi connectivity index (χ4n) is 0.468. The van der Waals surface area contributed by atoms with Crippen LogP contribution in [0.5, 0.6) is 0 Å². The molecule has 0 amide bonds. The number of ether oxygens (including phenoxy) is 1. The third-order valence-corrected chi connectivity index (χ3v) is 1.77. The first-order valence-corrected chi connectivity index (χ1v) is 4.45. The Morgan fingerprint density at radius 1 is 1.67 bits per heavy atom. The number of alkyl halides is 1. The summed E-state index contributed by atoms with van der Waals surface area (Å²) in [5.74, 6) is -0.846. The highest BCUT2D eigenvalue weighted by atomic mass is 79.9. The van der Waals surface area contributed by atoms with Gasteiger partial charge in [0.1, 0.15) is 12.7 Å². The maximum absolute atomic E-state index is 10.8. The molecular formula is C7H11BrO4. The fourth-order valence-corrected chi connectivity index (χ4v) is 0.822. The number of aliphatic hydroxyl groups is 2. The van der Waals surface area contributed by atoms with Crippen LogP contribution in [0.2, 0.25) is 0 Å². The van der Waals surface area contributed by atoms with E-state index in [0.717, 1.165) is 0 Å². The third-order valence-electron chi connectivity index (χ3n) is 1.11. The number of hydrogen-bond acceptors (Lipinski definition) is 4. The highest BCUT2D eigenvalue weighted by molar-refractivity contribution is 9.09. The van der Waals surface area contributed by atoms with E-state index in [1.165, 1.54) is 6.08 Å². The van der Waals surface area contributed by atoms with Crippen LogP contribution in [0.1, 0.15) is 0 Å². The summed E-state index contributed by atoms with van der Waals surface area (Å²) in [4.78, 5) is 10.8. The molecule has 12 heavy (non-hydrogen) atoms. The van der Waals surface area contributed by atoms with Crippen molar-refractivity contribution >= 4 is 21.9 Å². The van der Waals surface area contributed by atoms with Crippen LogP contribution in [0.3, 0.4) is 0 Å². The predicted molar refractivity (Wildman–Crippen MR) is 47.0 cm³/mol. The third kappa shape index (κ3) is 3.85. The number of halogens is 1. The van der Waals surface area contributed by atoms with E-state index >= 15 is 0 Å². The Kier molecular flexibility index (Phi) is 5.96. The molecule has 0 aliphatic rings. The molecule has 0 aromatic carbocycles. The van der Waals surface area contributed by atoms with Crippen LogP contribution in [-0.2, 0) is 9.53 Å². The van der Waals surface area contributed by atoms with Gasteiger partial charge in [-0.15, -0.1) is 0 Å². The van der Waals surface area contributed by atoms with Crippen molar-refractivity contribution in [2.75, 3.05) is 11.9 Å². The molecule has 0 aromatic heterocycles. The SMILES string of the molecule is C=CCOC(=O)C(O)C(O)CBr. The van der Waals surface area contributed by atoms with Gasteiger partial charge in [-0.25, -0.2) is 4.79 Å². The maximum atomic E-state index is 10.8. The molecular weight excluding hydrogens is 228 g/mol. The summed E-state index contributed by atoms with van der Waals surface area (Å²) >= 11 is 2.91. The second-order valence-corrected chi connectivity index (χ2v) is 2.73. The average molecular weight is 239 g/mol. The maximum Gasteiger partial charge on any atom is 0.338 e. The van der Waals surface area contributed by atoms with Crippen molar-refractivity contribution in [3.8, 4) is 0 Å². The van der Waals surface area contributed by atoms with Crippen LogP contribution in [0.25, 0.3) is 0 Å². The zero-order chi connectivity index (χ0) is 9.56. The summed E-state index contributed by atoms with van der Waals surface area (Å²) in [6.07, 6.45) is -1.25. The Hall–Kier alpha value is -0.390. The number of carbonyl (C=O) groups is 1. The van der Waals surface area contributed by atoms with Gasteiger partial charge < -0.3 is 14.9 Å². The molecule has 5 heteroatoms. The summed E-state index contributed by atoms with van der Waals surface area (Å²) < 4.78 is 4.49. The van der Waals surface area contributed by atoms with E-state index in [0.29, 0.717) is 0 Å². The average Bonchev–Trinajstić information content (AvgIpc) is 2.11. The molecule has 0 fully saturated rings. The Bertz CT molecular complexity index is 159. The van der Waals surface area contributed by atoms with Crippen LogP contribution in [0.4, 0.5) is 0 Å². The van der Waals surface area contributed by atoms with E-state index in [-0.39, 0.29) is 11.9 Å². The summed E-state index contributed by atoms with van der Waals surface area (Å²) in [5.41, 5.74) is 0. The highest BCUT2D eigenvalue weighted by Gasteiger charge is 2.24. The largest absolute Gasteiger partial charge is 0.459 e. The molecule has 2 atom stereocenters. The minimum Gasteiger partial charge on any atom is -0.459 e. The minimum absolute atomic E-state index is 0.0326. The first kappa shape index (κ1) is 11.6. The van der Waals surface area contributed by atoms with Crippen molar-refractivity contribution in [2.24, 2.45) is 0 Å². The Labute approximate surface area is 79.0 Å². The van der Waals surface area contributed by atoms with E-state index < -0.39 is 18.2 Å². The lowest BCUT2D eigenvalue weighted by molar-refractivity contribution is -0.157. The number of hydrogen-bond donors (Lipinski definition) is 2. The first-order chi connectivity index (χ1) is 5.63. The second-order valence-electron chi connectivity index (χ2n) is 2.09. The number of aliphatic hydroxyl groups excluding tert-OH is 2.